The number of nitrogens with zero attached hydrogens (tertiary/aromatic N) is 3. The zero-order valence-electron chi connectivity index (χ0n) is 17.5. The number of halogens is 1. The van der Waals surface area contributed by atoms with Crippen LogP contribution >= 0.6 is 11.6 Å². The Morgan fingerprint density at radius 2 is 1.68 bits per heavy atom. The molecule has 1 fully saturated rings. The molecule has 2 aromatic carbocycles. The van der Waals surface area contributed by atoms with Crippen molar-refractivity contribution < 1.29 is 9.21 Å². The van der Waals surface area contributed by atoms with E-state index < -0.39 is 6.04 Å². The molecule has 4 rings (SSSR count). The van der Waals surface area contributed by atoms with E-state index in [4.69, 9.17) is 16.0 Å². The Hall–Kier alpha value is -2.86. The Morgan fingerprint density at radius 1 is 0.968 bits per heavy atom. The molecule has 3 aromatic rings. The molecule has 0 bridgehead atoms. The average Bonchev–Trinajstić information content (AvgIpc) is 3.11. The van der Waals surface area contributed by atoms with E-state index in [1.807, 2.05) is 42.5 Å². The van der Waals surface area contributed by atoms with Gasteiger partial charge in [0, 0.05) is 24.5 Å². The highest BCUT2D eigenvalue weighted by Crippen LogP contribution is 2.23. The van der Waals surface area contributed by atoms with Crippen molar-refractivity contribution in [3.8, 4) is 0 Å². The fourth-order valence-corrected chi connectivity index (χ4v) is 3.97. The summed E-state index contributed by atoms with van der Waals surface area (Å²) in [5.74, 6) is 0.338. The Kier molecular flexibility index (Phi) is 7.20. The second kappa shape index (κ2) is 10.4. The maximum absolute atomic E-state index is 12.8. The van der Waals surface area contributed by atoms with Gasteiger partial charge in [-0.05, 0) is 36.1 Å². The highest BCUT2D eigenvalue weighted by Gasteiger charge is 2.24. The van der Waals surface area contributed by atoms with Gasteiger partial charge in [-0.3, -0.25) is 4.79 Å². The first-order valence-corrected chi connectivity index (χ1v) is 11.2. The first-order chi connectivity index (χ1) is 15.2. The summed E-state index contributed by atoms with van der Waals surface area (Å²) in [5, 5.41) is 12.3. The molecule has 6 nitrogen and oxygen atoms in total. The topological polar surface area (TPSA) is 71.3 Å². The monoisotopic (exact) mass is 438 g/mol. The van der Waals surface area contributed by atoms with E-state index in [2.05, 4.69) is 20.4 Å². The van der Waals surface area contributed by atoms with E-state index >= 15 is 0 Å². The third kappa shape index (κ3) is 6.07. The number of nitrogens with one attached hydrogen (secondary N) is 1. The highest BCUT2D eigenvalue weighted by atomic mass is 35.5. The molecule has 1 aliphatic heterocycles. The Balaban J connectivity index is 1.50. The largest absolute Gasteiger partial charge is 0.406 e. The molecule has 0 aliphatic carbocycles. The summed E-state index contributed by atoms with van der Waals surface area (Å²) < 4.78 is 6.05. The lowest BCUT2D eigenvalue weighted by atomic mass is 10.1. The summed E-state index contributed by atoms with van der Waals surface area (Å²) in [6.07, 6.45) is 5.56. The Bertz CT molecular complexity index is 967. The van der Waals surface area contributed by atoms with Crippen LogP contribution in [-0.2, 0) is 17.6 Å². The maximum atomic E-state index is 12.8. The third-order valence-corrected chi connectivity index (χ3v) is 5.75. The molecule has 0 unspecified atom stereocenters. The molecule has 1 aliphatic rings. The third-order valence-electron chi connectivity index (χ3n) is 5.50. The van der Waals surface area contributed by atoms with E-state index in [1.54, 1.807) is 12.1 Å². The van der Waals surface area contributed by atoms with Crippen LogP contribution in [0.25, 0.3) is 0 Å². The van der Waals surface area contributed by atoms with Gasteiger partial charge in [-0.2, -0.15) is 0 Å². The van der Waals surface area contributed by atoms with Gasteiger partial charge in [-0.1, -0.05) is 72.0 Å². The number of benzene rings is 2. The van der Waals surface area contributed by atoms with Crippen molar-refractivity contribution in [1.29, 1.82) is 0 Å². The van der Waals surface area contributed by atoms with Crippen molar-refractivity contribution in [2.75, 3.05) is 18.0 Å². The minimum atomic E-state index is -0.393. The molecule has 1 aromatic heterocycles. The van der Waals surface area contributed by atoms with Crippen LogP contribution in [0.4, 0.5) is 6.01 Å². The highest BCUT2D eigenvalue weighted by molar-refractivity contribution is 6.30. The van der Waals surface area contributed by atoms with Gasteiger partial charge in [-0.15, -0.1) is 5.10 Å². The van der Waals surface area contributed by atoms with Gasteiger partial charge in [0.2, 0.25) is 11.8 Å². The standard InChI is InChI=1S/C24H27ClN4O2/c25-20-12-10-19(11-13-20)17-22(30)26-21(16-18-8-4-3-5-9-18)23-27-28-24(31-23)29-14-6-1-2-7-15-29/h3-5,8-13,21H,1-2,6-7,14-17H2,(H,26,30)/t21-/m0/s1. The molecular formula is C24H27ClN4O2. The maximum Gasteiger partial charge on any atom is 0.318 e. The van der Waals surface area contributed by atoms with Crippen LogP contribution in [0, 0.1) is 0 Å². The normalized spacial score (nSPS) is 15.3. The van der Waals surface area contributed by atoms with Crippen LogP contribution in [-0.4, -0.2) is 29.2 Å². The minimum absolute atomic E-state index is 0.0993. The lowest BCUT2D eigenvalue weighted by molar-refractivity contribution is -0.121. The number of amides is 1. The predicted molar refractivity (Wildman–Crippen MR) is 121 cm³/mol. The zero-order chi connectivity index (χ0) is 21.5. The van der Waals surface area contributed by atoms with Crippen molar-refractivity contribution >= 4 is 23.5 Å². The van der Waals surface area contributed by atoms with Crippen molar-refractivity contribution in [2.24, 2.45) is 0 Å². The molecule has 1 atom stereocenters. The van der Waals surface area contributed by atoms with Crippen molar-refractivity contribution in [1.82, 2.24) is 15.5 Å². The molecule has 7 heteroatoms. The van der Waals surface area contributed by atoms with Gasteiger partial charge in [0.05, 0.1) is 6.42 Å². The number of anilines is 1. The van der Waals surface area contributed by atoms with E-state index in [-0.39, 0.29) is 12.3 Å². The summed E-state index contributed by atoms with van der Waals surface area (Å²) in [7, 11) is 0. The fourth-order valence-electron chi connectivity index (χ4n) is 3.84. The summed E-state index contributed by atoms with van der Waals surface area (Å²) in [6, 6.07) is 17.5. The van der Waals surface area contributed by atoms with Gasteiger partial charge in [-0.25, -0.2) is 0 Å². The van der Waals surface area contributed by atoms with Gasteiger partial charge in [0.1, 0.15) is 6.04 Å². The molecular weight excluding hydrogens is 412 g/mol. The van der Waals surface area contributed by atoms with Crippen LogP contribution in [0.5, 0.6) is 0 Å². The quantitative estimate of drug-likeness (QED) is 0.576. The fraction of sp³-hybridized carbons (Fsp3) is 0.375. The van der Waals surface area contributed by atoms with Gasteiger partial charge in [0.25, 0.3) is 0 Å². The van der Waals surface area contributed by atoms with Gasteiger partial charge < -0.3 is 14.6 Å². The first kappa shape index (κ1) is 21.4. The zero-order valence-corrected chi connectivity index (χ0v) is 18.2. The predicted octanol–water partition coefficient (Wildman–Crippen LogP) is 4.75. The molecule has 1 saturated heterocycles. The lowest BCUT2D eigenvalue weighted by Gasteiger charge is -2.18. The van der Waals surface area contributed by atoms with Crippen LogP contribution in [0.15, 0.2) is 59.0 Å². The van der Waals surface area contributed by atoms with E-state index in [1.165, 1.54) is 12.8 Å². The van der Waals surface area contributed by atoms with E-state index in [0.29, 0.717) is 23.3 Å². The summed E-state index contributed by atoms with van der Waals surface area (Å²) in [5.41, 5.74) is 1.99. The van der Waals surface area contributed by atoms with Crippen molar-refractivity contribution in [3.63, 3.8) is 0 Å². The van der Waals surface area contributed by atoms with Crippen molar-refractivity contribution in [2.45, 2.75) is 44.6 Å². The van der Waals surface area contributed by atoms with E-state index in [0.717, 1.165) is 37.1 Å². The smallest absolute Gasteiger partial charge is 0.318 e. The molecule has 0 spiro atoms. The molecule has 162 valence electrons. The molecule has 0 radical (unpaired) electrons. The Labute approximate surface area is 187 Å². The second-order valence-corrected chi connectivity index (χ2v) is 8.37. The van der Waals surface area contributed by atoms with Gasteiger partial charge in [0.15, 0.2) is 0 Å². The molecule has 1 amide bonds. The van der Waals surface area contributed by atoms with Crippen molar-refractivity contribution in [3.05, 3.63) is 76.6 Å². The second-order valence-electron chi connectivity index (χ2n) is 7.94. The summed E-state index contributed by atoms with van der Waals surface area (Å²) in [4.78, 5) is 14.9. The van der Waals surface area contributed by atoms with Crippen LogP contribution in [0.3, 0.4) is 0 Å². The number of carbonyl (C=O) groups is 1. The first-order valence-electron chi connectivity index (χ1n) is 10.8. The SMILES string of the molecule is O=C(Cc1ccc(Cl)cc1)N[C@@H](Cc1ccccc1)c1nnc(N2CCCCCC2)o1. The molecule has 1 N–H and O–H groups in total. The molecule has 31 heavy (non-hydrogen) atoms. The summed E-state index contributed by atoms with van der Waals surface area (Å²) in [6.45, 7) is 1.85. The van der Waals surface area contributed by atoms with Crippen LogP contribution < -0.4 is 10.2 Å². The van der Waals surface area contributed by atoms with Gasteiger partial charge >= 0.3 is 6.01 Å². The average molecular weight is 439 g/mol. The number of aromatic nitrogens is 2. The number of hydrogen-bond acceptors (Lipinski definition) is 5. The Morgan fingerprint density at radius 3 is 2.39 bits per heavy atom. The number of hydrogen-bond donors (Lipinski definition) is 1. The molecule has 2 heterocycles. The number of carbonyl (C=O) groups excluding carboxylic acids is 1. The van der Waals surface area contributed by atoms with Crippen LogP contribution in [0.2, 0.25) is 5.02 Å². The van der Waals surface area contributed by atoms with E-state index in [9.17, 15) is 4.79 Å². The van der Waals surface area contributed by atoms with Crippen LogP contribution in [0.1, 0.15) is 48.7 Å². The minimum Gasteiger partial charge on any atom is -0.406 e. The lowest BCUT2D eigenvalue weighted by Crippen LogP contribution is -2.31. The summed E-state index contributed by atoms with van der Waals surface area (Å²) >= 11 is 5.95. The molecule has 0 saturated carbocycles. The number of rotatable bonds is 7.